The van der Waals surface area contributed by atoms with E-state index in [0.717, 1.165) is 10.9 Å². The van der Waals surface area contributed by atoms with Gasteiger partial charge in [0.05, 0.1) is 6.61 Å². The number of aromatic nitrogens is 1. The van der Waals surface area contributed by atoms with Gasteiger partial charge in [0.2, 0.25) is 0 Å². The maximum absolute atomic E-state index is 11.7. The lowest BCUT2D eigenvalue weighted by Crippen LogP contribution is -2.07. The number of anilines is 1. The summed E-state index contributed by atoms with van der Waals surface area (Å²) in [7, 11) is 0. The van der Waals surface area contributed by atoms with Gasteiger partial charge in [-0.2, -0.15) is 0 Å². The number of H-pyrrole nitrogens is 1. The number of aromatic amines is 1. The molecule has 0 aliphatic heterocycles. The Balaban J connectivity index is 1.81. The number of ether oxygens (including phenoxy) is 1. The fourth-order valence-electron chi connectivity index (χ4n) is 1.82. The van der Waals surface area contributed by atoms with E-state index in [1.807, 2.05) is 12.1 Å². The minimum atomic E-state index is -0.285. The van der Waals surface area contributed by atoms with Crippen molar-refractivity contribution in [1.82, 2.24) is 4.98 Å². The van der Waals surface area contributed by atoms with Crippen LogP contribution in [0.5, 0.6) is 0 Å². The predicted octanol–water partition coefficient (Wildman–Crippen LogP) is 2.32. The van der Waals surface area contributed by atoms with Crippen molar-refractivity contribution >= 4 is 22.6 Å². The van der Waals surface area contributed by atoms with Gasteiger partial charge in [0.25, 0.3) is 0 Å². The minimum Gasteiger partial charge on any atom is -0.461 e. The maximum Gasteiger partial charge on any atom is 0.354 e. The topological polar surface area (TPSA) is 68.1 Å². The highest BCUT2D eigenvalue weighted by atomic mass is 16.5. The predicted molar refractivity (Wildman–Crippen MR) is 65.7 cm³/mol. The van der Waals surface area contributed by atoms with Gasteiger partial charge in [-0.15, -0.1) is 0 Å². The number of carbonyl (C=O) groups is 1. The first kappa shape index (κ1) is 10.2. The number of fused-ring (bicyclic) bond motifs is 1. The molecular weight excluding hydrogens is 216 g/mol. The first-order chi connectivity index (χ1) is 8.22. The van der Waals surface area contributed by atoms with E-state index in [2.05, 4.69) is 4.98 Å². The van der Waals surface area contributed by atoms with Crippen molar-refractivity contribution in [2.24, 2.45) is 5.92 Å². The van der Waals surface area contributed by atoms with Crippen LogP contribution in [0.25, 0.3) is 10.9 Å². The molecule has 0 bridgehead atoms. The number of nitrogens with one attached hydrogen (secondary N) is 1. The maximum atomic E-state index is 11.7. The first-order valence-corrected chi connectivity index (χ1v) is 5.78. The number of carbonyl (C=O) groups excluding carboxylic acids is 1. The molecule has 0 atom stereocenters. The molecule has 3 N–H and O–H groups in total. The van der Waals surface area contributed by atoms with E-state index < -0.39 is 0 Å². The number of esters is 1. The molecule has 1 aliphatic carbocycles. The van der Waals surface area contributed by atoms with Crippen molar-refractivity contribution in [2.45, 2.75) is 12.8 Å². The molecule has 4 heteroatoms. The summed E-state index contributed by atoms with van der Waals surface area (Å²) >= 11 is 0. The van der Waals surface area contributed by atoms with Crippen LogP contribution in [0.2, 0.25) is 0 Å². The van der Waals surface area contributed by atoms with Crippen LogP contribution in [0.1, 0.15) is 23.3 Å². The first-order valence-electron chi connectivity index (χ1n) is 5.78. The van der Waals surface area contributed by atoms with E-state index in [1.165, 1.54) is 12.8 Å². The van der Waals surface area contributed by atoms with Crippen LogP contribution in [0, 0.1) is 5.92 Å². The zero-order chi connectivity index (χ0) is 11.8. The van der Waals surface area contributed by atoms with Crippen LogP contribution >= 0.6 is 0 Å². The number of hydrogen-bond acceptors (Lipinski definition) is 3. The third kappa shape index (κ3) is 2.11. The lowest BCUT2D eigenvalue weighted by Gasteiger charge is -2.00. The van der Waals surface area contributed by atoms with E-state index in [4.69, 9.17) is 10.5 Å². The Bertz CT molecular complexity index is 570. The third-order valence-electron chi connectivity index (χ3n) is 3.01. The zero-order valence-electron chi connectivity index (χ0n) is 9.40. The molecule has 1 saturated carbocycles. The molecular formula is C13H14N2O2. The summed E-state index contributed by atoms with van der Waals surface area (Å²) in [4.78, 5) is 14.8. The molecule has 0 unspecified atom stereocenters. The molecule has 0 spiro atoms. The molecule has 2 aromatic rings. The number of nitrogen functional groups attached to an aromatic ring is 1. The summed E-state index contributed by atoms with van der Waals surface area (Å²) in [6.45, 7) is 0.538. The van der Waals surface area contributed by atoms with Crippen LogP contribution in [0.4, 0.5) is 5.69 Å². The molecule has 3 rings (SSSR count). The number of nitrogens with two attached hydrogens (primary N) is 1. The van der Waals surface area contributed by atoms with Crippen molar-refractivity contribution in [3.63, 3.8) is 0 Å². The summed E-state index contributed by atoms with van der Waals surface area (Å²) < 4.78 is 5.21. The number of rotatable bonds is 3. The molecule has 1 aliphatic rings. The minimum absolute atomic E-state index is 0.285. The quantitative estimate of drug-likeness (QED) is 0.628. The van der Waals surface area contributed by atoms with Gasteiger partial charge in [-0.3, -0.25) is 0 Å². The monoisotopic (exact) mass is 230 g/mol. The summed E-state index contributed by atoms with van der Waals surface area (Å²) in [6.07, 6.45) is 2.35. The number of benzene rings is 1. The Kier molecular flexibility index (Phi) is 2.28. The Morgan fingerprint density at radius 3 is 3.00 bits per heavy atom. The normalized spacial score (nSPS) is 15.1. The largest absolute Gasteiger partial charge is 0.461 e. The Labute approximate surface area is 98.8 Å². The third-order valence-corrected chi connectivity index (χ3v) is 3.01. The molecule has 0 saturated heterocycles. The molecule has 1 heterocycles. The highest BCUT2D eigenvalue weighted by Crippen LogP contribution is 2.29. The summed E-state index contributed by atoms with van der Waals surface area (Å²) in [5, 5.41) is 0.934. The van der Waals surface area contributed by atoms with Crippen LogP contribution in [0.3, 0.4) is 0 Å². The van der Waals surface area contributed by atoms with Gasteiger partial charge < -0.3 is 15.5 Å². The second kappa shape index (κ2) is 3.80. The van der Waals surface area contributed by atoms with Gasteiger partial charge in [-0.05, 0) is 43.0 Å². The average Bonchev–Trinajstić information content (AvgIpc) is 3.04. The molecule has 0 amide bonds. The summed E-state index contributed by atoms with van der Waals surface area (Å²) in [5.41, 5.74) is 7.77. The molecule has 1 fully saturated rings. The molecule has 88 valence electrons. The van der Waals surface area contributed by atoms with Crippen LogP contribution in [0.15, 0.2) is 24.3 Å². The van der Waals surface area contributed by atoms with Crippen LogP contribution in [-0.4, -0.2) is 17.6 Å². The second-order valence-electron chi connectivity index (χ2n) is 4.57. The molecule has 4 nitrogen and oxygen atoms in total. The van der Waals surface area contributed by atoms with Gasteiger partial charge in [0, 0.05) is 16.6 Å². The van der Waals surface area contributed by atoms with E-state index in [0.29, 0.717) is 23.9 Å². The highest BCUT2D eigenvalue weighted by molar-refractivity contribution is 5.95. The van der Waals surface area contributed by atoms with Crippen LogP contribution < -0.4 is 5.73 Å². The van der Waals surface area contributed by atoms with Gasteiger partial charge in [-0.1, -0.05) is 0 Å². The molecule has 17 heavy (non-hydrogen) atoms. The van der Waals surface area contributed by atoms with Gasteiger partial charge in [-0.25, -0.2) is 4.79 Å². The highest BCUT2D eigenvalue weighted by Gasteiger charge is 2.23. The fraction of sp³-hybridized carbons (Fsp3) is 0.308. The molecule has 1 aromatic heterocycles. The van der Waals surface area contributed by atoms with Crippen molar-refractivity contribution in [2.75, 3.05) is 12.3 Å². The van der Waals surface area contributed by atoms with E-state index in [9.17, 15) is 4.79 Å². The van der Waals surface area contributed by atoms with Crippen molar-refractivity contribution in [3.05, 3.63) is 30.0 Å². The Morgan fingerprint density at radius 1 is 1.41 bits per heavy atom. The van der Waals surface area contributed by atoms with E-state index in [-0.39, 0.29) is 5.97 Å². The molecule has 0 radical (unpaired) electrons. The Morgan fingerprint density at radius 2 is 2.24 bits per heavy atom. The van der Waals surface area contributed by atoms with Crippen molar-refractivity contribution in [1.29, 1.82) is 0 Å². The van der Waals surface area contributed by atoms with Crippen molar-refractivity contribution < 1.29 is 9.53 Å². The zero-order valence-corrected chi connectivity index (χ0v) is 9.40. The van der Waals surface area contributed by atoms with Gasteiger partial charge in [0.15, 0.2) is 0 Å². The Hall–Kier alpha value is -1.97. The van der Waals surface area contributed by atoms with Crippen molar-refractivity contribution in [3.8, 4) is 0 Å². The summed E-state index contributed by atoms with van der Waals surface area (Å²) in [6, 6.07) is 7.28. The number of hydrogen-bond donors (Lipinski definition) is 2. The lowest BCUT2D eigenvalue weighted by atomic mass is 10.2. The average molecular weight is 230 g/mol. The summed E-state index contributed by atoms with van der Waals surface area (Å²) in [5.74, 6) is 0.297. The van der Waals surface area contributed by atoms with E-state index in [1.54, 1.807) is 12.1 Å². The van der Waals surface area contributed by atoms with Gasteiger partial charge in [0.1, 0.15) is 5.69 Å². The standard InChI is InChI=1S/C13H14N2O2/c14-10-3-4-11-9(5-10)6-12(15-11)13(16)17-7-8-1-2-8/h3-6,8,15H,1-2,7,14H2. The lowest BCUT2D eigenvalue weighted by molar-refractivity contribution is 0.0480. The smallest absolute Gasteiger partial charge is 0.354 e. The second-order valence-corrected chi connectivity index (χ2v) is 4.57. The fourth-order valence-corrected chi connectivity index (χ4v) is 1.82. The van der Waals surface area contributed by atoms with Gasteiger partial charge >= 0.3 is 5.97 Å². The SMILES string of the molecule is Nc1ccc2[nH]c(C(=O)OCC3CC3)cc2c1. The van der Waals surface area contributed by atoms with E-state index >= 15 is 0 Å². The van der Waals surface area contributed by atoms with Crippen LogP contribution in [-0.2, 0) is 4.74 Å². The molecule has 1 aromatic carbocycles.